The van der Waals surface area contributed by atoms with Crippen molar-refractivity contribution in [3.8, 4) is 0 Å². The Morgan fingerprint density at radius 1 is 1.56 bits per heavy atom. The number of esters is 1. The number of hydrogen-bond donors (Lipinski definition) is 0. The summed E-state index contributed by atoms with van der Waals surface area (Å²) in [6.45, 7) is 6.90. The zero-order chi connectivity index (χ0) is 13.4. The van der Waals surface area contributed by atoms with E-state index in [2.05, 4.69) is 25.8 Å². The number of hydrogen-bond acceptors (Lipinski definition) is 4. The normalized spacial score (nSPS) is 11.3. The molecule has 0 spiro atoms. The minimum atomic E-state index is -0.276. The molecule has 0 unspecified atom stereocenters. The summed E-state index contributed by atoms with van der Waals surface area (Å²) >= 11 is 1.63. The van der Waals surface area contributed by atoms with Gasteiger partial charge in [-0.1, -0.05) is 27.2 Å². The number of unbranched alkanes of at least 4 members (excludes halogenated alkanes) is 1. The minimum Gasteiger partial charge on any atom is -0.463 e. The standard InChI is InChI=1S/C14H21NO2S/c1-4-5-8-17-14(16)7-6-12-10-15-13(18-12)9-11(2)3/h6-7,10-11H,4-5,8-9H2,1-3H3/b7-6+. The predicted molar refractivity (Wildman–Crippen MR) is 75.6 cm³/mol. The number of thiazole rings is 1. The van der Waals surface area contributed by atoms with Crippen LogP contribution in [-0.2, 0) is 16.0 Å². The molecule has 0 aliphatic rings. The topological polar surface area (TPSA) is 39.2 Å². The molecule has 0 N–H and O–H groups in total. The second-order valence-corrected chi connectivity index (χ2v) is 5.76. The van der Waals surface area contributed by atoms with E-state index in [9.17, 15) is 4.79 Å². The number of carbonyl (C=O) groups is 1. The lowest BCUT2D eigenvalue weighted by Gasteiger charge is -1.98. The summed E-state index contributed by atoms with van der Waals surface area (Å²) in [6, 6.07) is 0. The van der Waals surface area contributed by atoms with Gasteiger partial charge in [-0.15, -0.1) is 11.3 Å². The third-order valence-electron chi connectivity index (χ3n) is 2.28. The molecule has 0 bridgehead atoms. The van der Waals surface area contributed by atoms with Gasteiger partial charge in [0.2, 0.25) is 0 Å². The van der Waals surface area contributed by atoms with Gasteiger partial charge >= 0.3 is 5.97 Å². The number of carbonyl (C=O) groups excluding carboxylic acids is 1. The second-order valence-electron chi connectivity index (χ2n) is 4.61. The minimum absolute atomic E-state index is 0.276. The molecule has 1 aromatic heterocycles. The SMILES string of the molecule is CCCCOC(=O)/C=C/c1cnc(CC(C)C)s1. The maximum absolute atomic E-state index is 11.4. The highest BCUT2D eigenvalue weighted by molar-refractivity contribution is 7.12. The molecular formula is C14H21NO2S. The average molecular weight is 267 g/mol. The van der Waals surface area contributed by atoms with Gasteiger partial charge in [-0.3, -0.25) is 0 Å². The van der Waals surface area contributed by atoms with Crippen LogP contribution in [0.15, 0.2) is 12.3 Å². The van der Waals surface area contributed by atoms with Gasteiger partial charge in [-0.25, -0.2) is 9.78 Å². The van der Waals surface area contributed by atoms with Crippen molar-refractivity contribution in [1.82, 2.24) is 4.98 Å². The van der Waals surface area contributed by atoms with E-state index in [0.29, 0.717) is 12.5 Å². The molecule has 1 heterocycles. The Morgan fingerprint density at radius 2 is 2.33 bits per heavy atom. The van der Waals surface area contributed by atoms with E-state index >= 15 is 0 Å². The fourth-order valence-corrected chi connectivity index (χ4v) is 2.40. The monoisotopic (exact) mass is 267 g/mol. The van der Waals surface area contributed by atoms with Crippen molar-refractivity contribution in [2.24, 2.45) is 5.92 Å². The first-order chi connectivity index (χ1) is 8.61. The van der Waals surface area contributed by atoms with Gasteiger partial charge in [0, 0.05) is 23.6 Å². The maximum Gasteiger partial charge on any atom is 0.330 e. The average Bonchev–Trinajstić information content (AvgIpc) is 2.73. The van der Waals surface area contributed by atoms with Crippen LogP contribution in [0.2, 0.25) is 0 Å². The molecule has 0 saturated heterocycles. The Kier molecular flexibility index (Phi) is 6.65. The summed E-state index contributed by atoms with van der Waals surface area (Å²) in [6.07, 6.45) is 7.98. The molecule has 0 aromatic carbocycles. The van der Waals surface area contributed by atoms with Crippen LogP contribution in [-0.4, -0.2) is 17.6 Å². The quantitative estimate of drug-likeness (QED) is 0.429. The molecular weight excluding hydrogens is 246 g/mol. The van der Waals surface area contributed by atoms with Gasteiger partial charge in [0.15, 0.2) is 0 Å². The van der Waals surface area contributed by atoms with Crippen LogP contribution >= 0.6 is 11.3 Å². The fraction of sp³-hybridized carbons (Fsp3) is 0.571. The number of ether oxygens (including phenoxy) is 1. The smallest absolute Gasteiger partial charge is 0.330 e. The molecule has 0 radical (unpaired) electrons. The van der Waals surface area contributed by atoms with Crippen LogP contribution in [0.3, 0.4) is 0 Å². The Labute approximate surface area is 113 Å². The largest absolute Gasteiger partial charge is 0.463 e. The van der Waals surface area contributed by atoms with Crippen LogP contribution in [0.1, 0.15) is 43.5 Å². The molecule has 18 heavy (non-hydrogen) atoms. The molecule has 1 rings (SSSR count). The predicted octanol–water partition coefficient (Wildman–Crippen LogP) is 3.70. The van der Waals surface area contributed by atoms with Crippen molar-refractivity contribution in [3.05, 3.63) is 22.2 Å². The zero-order valence-electron chi connectivity index (χ0n) is 11.3. The molecule has 0 aliphatic carbocycles. The van der Waals surface area contributed by atoms with Gasteiger partial charge in [0.05, 0.1) is 11.6 Å². The lowest BCUT2D eigenvalue weighted by atomic mass is 10.1. The van der Waals surface area contributed by atoms with Crippen molar-refractivity contribution in [1.29, 1.82) is 0 Å². The molecule has 1 aromatic rings. The summed E-state index contributed by atoms with van der Waals surface area (Å²) in [5.74, 6) is 0.328. The van der Waals surface area contributed by atoms with Crippen molar-refractivity contribution >= 4 is 23.4 Å². The van der Waals surface area contributed by atoms with Gasteiger partial charge in [0.1, 0.15) is 0 Å². The fourth-order valence-electron chi connectivity index (χ4n) is 1.36. The van der Waals surface area contributed by atoms with E-state index in [-0.39, 0.29) is 5.97 Å². The Bertz CT molecular complexity index is 396. The molecule has 0 amide bonds. The highest BCUT2D eigenvalue weighted by Gasteiger charge is 2.03. The van der Waals surface area contributed by atoms with Crippen molar-refractivity contribution < 1.29 is 9.53 Å². The Morgan fingerprint density at radius 3 is 3.00 bits per heavy atom. The lowest BCUT2D eigenvalue weighted by Crippen LogP contribution is -2.01. The highest BCUT2D eigenvalue weighted by atomic mass is 32.1. The van der Waals surface area contributed by atoms with Crippen LogP contribution in [0, 0.1) is 5.92 Å². The third kappa shape index (κ3) is 5.96. The van der Waals surface area contributed by atoms with E-state index in [1.807, 2.05) is 0 Å². The first-order valence-corrected chi connectivity index (χ1v) is 7.23. The van der Waals surface area contributed by atoms with E-state index in [4.69, 9.17) is 4.74 Å². The molecule has 0 aliphatic heterocycles. The van der Waals surface area contributed by atoms with Gasteiger partial charge < -0.3 is 4.74 Å². The van der Waals surface area contributed by atoms with E-state index in [0.717, 1.165) is 29.1 Å². The number of nitrogens with zero attached hydrogens (tertiary/aromatic N) is 1. The molecule has 100 valence electrons. The Hall–Kier alpha value is -1.16. The summed E-state index contributed by atoms with van der Waals surface area (Å²) in [5, 5.41) is 1.11. The van der Waals surface area contributed by atoms with Crippen molar-refractivity contribution in [2.75, 3.05) is 6.61 Å². The van der Waals surface area contributed by atoms with Gasteiger partial charge in [-0.2, -0.15) is 0 Å². The first kappa shape index (κ1) is 14.9. The number of aromatic nitrogens is 1. The summed E-state index contributed by atoms with van der Waals surface area (Å²) in [7, 11) is 0. The van der Waals surface area contributed by atoms with Crippen molar-refractivity contribution in [2.45, 2.75) is 40.0 Å². The van der Waals surface area contributed by atoms with Crippen LogP contribution in [0.25, 0.3) is 6.08 Å². The van der Waals surface area contributed by atoms with Gasteiger partial charge in [0.25, 0.3) is 0 Å². The maximum atomic E-state index is 11.4. The van der Waals surface area contributed by atoms with E-state index < -0.39 is 0 Å². The van der Waals surface area contributed by atoms with Crippen LogP contribution in [0.5, 0.6) is 0 Å². The summed E-state index contributed by atoms with van der Waals surface area (Å²) in [5.41, 5.74) is 0. The van der Waals surface area contributed by atoms with Gasteiger partial charge in [-0.05, 0) is 18.4 Å². The molecule has 0 fully saturated rings. The first-order valence-electron chi connectivity index (χ1n) is 6.41. The van der Waals surface area contributed by atoms with Crippen molar-refractivity contribution in [3.63, 3.8) is 0 Å². The molecule has 0 atom stereocenters. The molecule has 3 nitrogen and oxygen atoms in total. The van der Waals surface area contributed by atoms with E-state index in [1.54, 1.807) is 23.6 Å². The zero-order valence-corrected chi connectivity index (χ0v) is 12.1. The summed E-state index contributed by atoms with van der Waals surface area (Å²) in [4.78, 5) is 16.7. The Balaban J connectivity index is 2.41. The van der Waals surface area contributed by atoms with Crippen LogP contribution in [0.4, 0.5) is 0 Å². The molecule has 4 heteroatoms. The highest BCUT2D eigenvalue weighted by Crippen LogP contribution is 2.17. The van der Waals surface area contributed by atoms with E-state index in [1.165, 1.54) is 6.08 Å². The summed E-state index contributed by atoms with van der Waals surface area (Å²) < 4.78 is 5.03. The third-order valence-corrected chi connectivity index (χ3v) is 3.27. The lowest BCUT2D eigenvalue weighted by molar-refractivity contribution is -0.137. The van der Waals surface area contributed by atoms with Crippen LogP contribution < -0.4 is 0 Å². The number of rotatable bonds is 7. The second kappa shape index (κ2) is 8.03. The molecule has 0 saturated carbocycles.